The maximum atomic E-state index is 12.1. The van der Waals surface area contributed by atoms with Crippen LogP contribution in [-0.4, -0.2) is 33.3 Å². The summed E-state index contributed by atoms with van der Waals surface area (Å²) in [7, 11) is 3.22. The lowest BCUT2D eigenvalue weighted by Gasteiger charge is -2.25. The van der Waals surface area contributed by atoms with Gasteiger partial charge in [-0.1, -0.05) is 6.07 Å². The van der Waals surface area contributed by atoms with Gasteiger partial charge in [0.2, 0.25) is 0 Å². The highest BCUT2D eigenvalue weighted by molar-refractivity contribution is 7.09. The van der Waals surface area contributed by atoms with Crippen molar-refractivity contribution >= 4 is 11.3 Å². The molecule has 1 fully saturated rings. The van der Waals surface area contributed by atoms with E-state index >= 15 is 0 Å². The molecule has 7 heteroatoms. The number of ether oxygens (including phenoxy) is 1. The third kappa shape index (κ3) is 3.85. The summed E-state index contributed by atoms with van der Waals surface area (Å²) < 4.78 is 8.45. The molecule has 3 heterocycles. The van der Waals surface area contributed by atoms with Gasteiger partial charge in [0.15, 0.2) is 0 Å². The van der Waals surface area contributed by atoms with Gasteiger partial charge in [-0.15, -0.1) is 11.3 Å². The maximum Gasteiger partial charge on any atom is 0.330 e. The molecule has 0 amide bonds. The zero-order valence-electron chi connectivity index (χ0n) is 14.1. The van der Waals surface area contributed by atoms with Crippen molar-refractivity contribution in [2.75, 3.05) is 13.2 Å². The van der Waals surface area contributed by atoms with Crippen LogP contribution < -0.4 is 11.2 Å². The highest BCUT2D eigenvalue weighted by Gasteiger charge is 2.21. The van der Waals surface area contributed by atoms with E-state index in [4.69, 9.17) is 4.74 Å². The Morgan fingerprint density at radius 1 is 1.29 bits per heavy atom. The van der Waals surface area contributed by atoms with E-state index in [0.29, 0.717) is 6.54 Å². The number of hydrogen-bond donors (Lipinski definition) is 0. The van der Waals surface area contributed by atoms with E-state index < -0.39 is 0 Å². The van der Waals surface area contributed by atoms with Gasteiger partial charge < -0.3 is 4.74 Å². The molecule has 1 aliphatic rings. The van der Waals surface area contributed by atoms with Crippen molar-refractivity contribution in [1.82, 2.24) is 14.0 Å². The summed E-state index contributed by atoms with van der Waals surface area (Å²) in [4.78, 5) is 27.6. The number of nitrogens with zero attached hydrogens (tertiary/aromatic N) is 3. The monoisotopic (exact) mass is 349 g/mol. The molecule has 24 heavy (non-hydrogen) atoms. The summed E-state index contributed by atoms with van der Waals surface area (Å²) in [6, 6.07) is 5.70. The molecule has 1 aliphatic heterocycles. The fourth-order valence-electron chi connectivity index (χ4n) is 3.04. The van der Waals surface area contributed by atoms with Crippen LogP contribution in [0.25, 0.3) is 0 Å². The van der Waals surface area contributed by atoms with Gasteiger partial charge in [0, 0.05) is 57.0 Å². The van der Waals surface area contributed by atoms with Crippen LogP contribution in [0.4, 0.5) is 0 Å². The standard InChI is InChI=1S/C17H23N3O3S/c1-18-13(9-16(21)19(2)17(18)22)10-20(11-14-5-3-7-23-14)12-15-6-4-8-24-15/h4,6,8-9,14H,3,5,7,10-12H2,1-2H3. The molecule has 1 atom stereocenters. The zero-order chi connectivity index (χ0) is 17.1. The zero-order valence-corrected chi connectivity index (χ0v) is 14.9. The van der Waals surface area contributed by atoms with E-state index in [1.54, 1.807) is 29.0 Å². The van der Waals surface area contributed by atoms with Crippen molar-refractivity contribution < 1.29 is 4.74 Å². The number of thiophene rings is 1. The van der Waals surface area contributed by atoms with Crippen LogP contribution in [0, 0.1) is 0 Å². The van der Waals surface area contributed by atoms with Gasteiger partial charge in [0.1, 0.15) is 0 Å². The molecule has 1 unspecified atom stereocenters. The first-order valence-corrected chi connectivity index (χ1v) is 9.05. The highest BCUT2D eigenvalue weighted by atomic mass is 32.1. The molecular formula is C17H23N3O3S. The molecule has 0 aromatic carbocycles. The second-order valence-electron chi connectivity index (χ2n) is 6.26. The van der Waals surface area contributed by atoms with Crippen molar-refractivity contribution in [3.8, 4) is 0 Å². The minimum Gasteiger partial charge on any atom is -0.377 e. The first-order chi connectivity index (χ1) is 11.5. The first-order valence-electron chi connectivity index (χ1n) is 8.17. The predicted octanol–water partition coefficient (Wildman–Crippen LogP) is 1.33. The van der Waals surface area contributed by atoms with Gasteiger partial charge in [-0.3, -0.25) is 18.8 Å². The van der Waals surface area contributed by atoms with Gasteiger partial charge in [-0.25, -0.2) is 4.79 Å². The van der Waals surface area contributed by atoms with Crippen LogP contribution in [0.5, 0.6) is 0 Å². The van der Waals surface area contributed by atoms with Crippen molar-refractivity contribution in [2.24, 2.45) is 14.1 Å². The number of hydrogen-bond acceptors (Lipinski definition) is 5. The molecule has 2 aromatic rings. The van der Waals surface area contributed by atoms with Crippen LogP contribution >= 0.6 is 11.3 Å². The SMILES string of the molecule is Cn1c(CN(Cc2cccs2)CC2CCCO2)cc(=O)n(C)c1=O. The summed E-state index contributed by atoms with van der Waals surface area (Å²) in [6.07, 6.45) is 2.40. The minimum atomic E-state index is -0.286. The molecule has 6 nitrogen and oxygen atoms in total. The van der Waals surface area contributed by atoms with Crippen LogP contribution in [0.1, 0.15) is 23.4 Å². The second kappa shape index (κ2) is 7.46. The third-order valence-corrected chi connectivity index (χ3v) is 5.32. The molecule has 0 N–H and O–H groups in total. The van der Waals surface area contributed by atoms with Gasteiger partial charge in [0.25, 0.3) is 5.56 Å². The van der Waals surface area contributed by atoms with E-state index in [9.17, 15) is 9.59 Å². The fourth-order valence-corrected chi connectivity index (χ4v) is 3.79. The van der Waals surface area contributed by atoms with Gasteiger partial charge in [0.05, 0.1) is 6.10 Å². The summed E-state index contributed by atoms with van der Waals surface area (Å²) in [5.41, 5.74) is 0.185. The Morgan fingerprint density at radius 2 is 2.12 bits per heavy atom. The van der Waals surface area contributed by atoms with E-state index in [-0.39, 0.29) is 17.4 Å². The molecule has 3 rings (SSSR count). The van der Waals surface area contributed by atoms with E-state index in [0.717, 1.165) is 42.8 Å². The van der Waals surface area contributed by atoms with Crippen LogP contribution in [-0.2, 0) is 31.9 Å². The topological polar surface area (TPSA) is 56.5 Å². The van der Waals surface area contributed by atoms with Gasteiger partial charge in [-0.2, -0.15) is 0 Å². The van der Waals surface area contributed by atoms with E-state index in [1.165, 1.54) is 11.9 Å². The van der Waals surface area contributed by atoms with Crippen LogP contribution in [0.2, 0.25) is 0 Å². The quantitative estimate of drug-likeness (QED) is 0.789. The van der Waals surface area contributed by atoms with Gasteiger partial charge >= 0.3 is 5.69 Å². The smallest absolute Gasteiger partial charge is 0.330 e. The van der Waals surface area contributed by atoms with Crippen LogP contribution in [0.15, 0.2) is 33.2 Å². The Kier molecular flexibility index (Phi) is 5.33. The molecule has 1 saturated heterocycles. The summed E-state index contributed by atoms with van der Waals surface area (Å²) in [6.45, 7) is 2.98. The molecule has 130 valence electrons. The lowest BCUT2D eigenvalue weighted by molar-refractivity contribution is 0.0673. The molecule has 0 bridgehead atoms. The molecule has 2 aromatic heterocycles. The van der Waals surface area contributed by atoms with E-state index in [1.807, 2.05) is 6.07 Å². The van der Waals surface area contributed by atoms with Crippen LogP contribution in [0.3, 0.4) is 0 Å². The molecule has 0 aliphatic carbocycles. The minimum absolute atomic E-state index is 0.230. The Hall–Kier alpha value is -1.70. The third-order valence-electron chi connectivity index (χ3n) is 4.46. The fraction of sp³-hybridized carbons (Fsp3) is 0.529. The highest BCUT2D eigenvalue weighted by Crippen LogP contribution is 2.18. The Bertz CT molecular complexity index is 788. The first kappa shape index (κ1) is 17.1. The largest absolute Gasteiger partial charge is 0.377 e. The van der Waals surface area contributed by atoms with Gasteiger partial charge in [-0.05, 0) is 24.3 Å². The maximum absolute atomic E-state index is 12.1. The normalized spacial score (nSPS) is 17.7. The van der Waals surface area contributed by atoms with Crippen molar-refractivity contribution in [2.45, 2.75) is 32.0 Å². The summed E-state index contributed by atoms with van der Waals surface area (Å²) >= 11 is 1.72. The Labute approximate surface area is 144 Å². The summed E-state index contributed by atoms with van der Waals surface area (Å²) in [5.74, 6) is 0. The van der Waals surface area contributed by atoms with E-state index in [2.05, 4.69) is 16.3 Å². The molecule has 0 radical (unpaired) electrons. The summed E-state index contributed by atoms with van der Waals surface area (Å²) in [5, 5.41) is 2.06. The average Bonchev–Trinajstić information content (AvgIpc) is 3.24. The van der Waals surface area contributed by atoms with Crippen molar-refractivity contribution in [1.29, 1.82) is 0 Å². The lowest BCUT2D eigenvalue weighted by Crippen LogP contribution is -2.40. The molecule has 0 spiro atoms. The molecule has 0 saturated carbocycles. The average molecular weight is 349 g/mol. The second-order valence-corrected chi connectivity index (χ2v) is 7.29. The number of rotatable bonds is 6. The van der Waals surface area contributed by atoms with Crippen molar-refractivity contribution in [3.63, 3.8) is 0 Å². The molecular weight excluding hydrogens is 326 g/mol. The lowest BCUT2D eigenvalue weighted by atomic mass is 10.2. The Balaban J connectivity index is 1.82. The predicted molar refractivity (Wildman–Crippen MR) is 94.3 cm³/mol. The number of aromatic nitrogens is 2. The van der Waals surface area contributed by atoms with Crippen molar-refractivity contribution in [3.05, 3.63) is 55.0 Å². The Morgan fingerprint density at radius 3 is 2.79 bits per heavy atom.